The van der Waals surface area contributed by atoms with Gasteiger partial charge in [-0.05, 0) is 49.2 Å². The van der Waals surface area contributed by atoms with E-state index < -0.39 is 43.0 Å². The van der Waals surface area contributed by atoms with Gasteiger partial charge in [-0.3, -0.25) is 4.79 Å². The Balaban J connectivity index is 1.43. The van der Waals surface area contributed by atoms with Gasteiger partial charge in [-0.15, -0.1) is 0 Å². The van der Waals surface area contributed by atoms with Gasteiger partial charge < -0.3 is 20.3 Å². The first-order valence-electron chi connectivity index (χ1n) is 12.4. The number of nitrogens with one attached hydrogen (secondary N) is 2. The number of hydrogen-bond donors (Lipinski definition) is 2. The standard InChI is InChI=1S/C24H30F2N8O4/c1-14-20(32-38-31-14)21(35)30-16(4-5-23(2)6-7-23)17-10-34-19(29-17)8-15(9-28-34)18(11-37-3)33-13-24(25,26)12-27-22(33)36/h8-10,16,18H,4-7,11-13H2,1-3H3,(H,27,36)(H,30,35)/t16-,18+/m0/s1. The van der Waals surface area contributed by atoms with Gasteiger partial charge in [-0.1, -0.05) is 12.1 Å². The number of alkyl halides is 2. The van der Waals surface area contributed by atoms with Crippen LogP contribution in [-0.2, 0) is 4.74 Å². The summed E-state index contributed by atoms with van der Waals surface area (Å²) in [7, 11) is 1.44. The third-order valence-corrected chi connectivity index (χ3v) is 7.28. The zero-order valence-corrected chi connectivity index (χ0v) is 21.4. The van der Waals surface area contributed by atoms with E-state index in [1.807, 2.05) is 0 Å². The van der Waals surface area contributed by atoms with Crippen molar-refractivity contribution in [2.75, 3.05) is 26.8 Å². The molecule has 3 amide bonds. The number of halogens is 2. The van der Waals surface area contributed by atoms with Crippen LogP contribution in [0.3, 0.4) is 0 Å². The summed E-state index contributed by atoms with van der Waals surface area (Å²) >= 11 is 0. The highest BCUT2D eigenvalue weighted by Crippen LogP contribution is 2.49. The van der Waals surface area contributed by atoms with Crippen molar-refractivity contribution in [1.29, 1.82) is 0 Å². The first-order chi connectivity index (χ1) is 18.1. The minimum atomic E-state index is -3.07. The van der Waals surface area contributed by atoms with Crippen molar-refractivity contribution in [3.8, 4) is 0 Å². The Labute approximate surface area is 217 Å². The van der Waals surface area contributed by atoms with Gasteiger partial charge in [0.1, 0.15) is 5.69 Å². The van der Waals surface area contributed by atoms with E-state index in [0.29, 0.717) is 29.0 Å². The number of nitrogens with zero attached hydrogens (tertiary/aromatic N) is 6. The highest BCUT2D eigenvalue weighted by molar-refractivity contribution is 5.93. The average molecular weight is 533 g/mol. The average Bonchev–Trinajstić information content (AvgIpc) is 3.25. The van der Waals surface area contributed by atoms with Gasteiger partial charge in [-0.25, -0.2) is 27.7 Å². The molecule has 2 atom stereocenters. The second-order valence-electron chi connectivity index (χ2n) is 10.4. The Morgan fingerprint density at radius 3 is 2.82 bits per heavy atom. The molecule has 4 heterocycles. The van der Waals surface area contributed by atoms with Crippen LogP contribution in [0.25, 0.3) is 5.65 Å². The van der Waals surface area contributed by atoms with Crippen molar-refractivity contribution in [3.63, 3.8) is 0 Å². The van der Waals surface area contributed by atoms with Gasteiger partial charge in [0.25, 0.3) is 11.8 Å². The summed E-state index contributed by atoms with van der Waals surface area (Å²) in [6.07, 6.45) is 7.05. The molecule has 204 valence electrons. The fourth-order valence-corrected chi connectivity index (χ4v) is 4.63. The summed E-state index contributed by atoms with van der Waals surface area (Å²) in [4.78, 5) is 31.1. The number of carbonyl (C=O) groups is 2. The van der Waals surface area contributed by atoms with Crippen LogP contribution in [0.5, 0.6) is 0 Å². The molecule has 2 N–H and O–H groups in total. The number of imidazole rings is 1. The fraction of sp³-hybridized carbons (Fsp3) is 0.583. The topological polar surface area (TPSA) is 140 Å². The SMILES string of the molecule is COC[C@H](c1cnn2cc([C@H](CCC3(C)CC3)NC(=O)c3nonc3C)nc2c1)N1CC(F)(F)CNC1=O. The molecule has 0 unspecified atom stereocenters. The summed E-state index contributed by atoms with van der Waals surface area (Å²) < 4.78 is 39.7. The van der Waals surface area contributed by atoms with Crippen LogP contribution in [-0.4, -0.2) is 74.5 Å². The largest absolute Gasteiger partial charge is 0.382 e. The lowest BCUT2D eigenvalue weighted by Gasteiger charge is -2.38. The van der Waals surface area contributed by atoms with Gasteiger partial charge >= 0.3 is 6.03 Å². The van der Waals surface area contributed by atoms with E-state index in [1.54, 1.807) is 23.7 Å². The van der Waals surface area contributed by atoms with Gasteiger partial charge in [0, 0.05) is 12.7 Å². The normalized spacial score (nSPS) is 19.7. The molecule has 1 saturated carbocycles. The summed E-state index contributed by atoms with van der Waals surface area (Å²) in [5.41, 5.74) is 2.28. The zero-order valence-electron chi connectivity index (χ0n) is 21.4. The Bertz CT molecular complexity index is 1340. The molecule has 0 aromatic carbocycles. The molecule has 3 aromatic rings. The van der Waals surface area contributed by atoms with Crippen molar-refractivity contribution < 1.29 is 27.7 Å². The van der Waals surface area contributed by atoms with Gasteiger partial charge in [0.2, 0.25) is 0 Å². The molecule has 2 aliphatic rings. The molecule has 1 saturated heterocycles. The van der Waals surface area contributed by atoms with E-state index in [-0.39, 0.29) is 17.7 Å². The van der Waals surface area contributed by atoms with E-state index in [0.717, 1.165) is 24.2 Å². The van der Waals surface area contributed by atoms with Gasteiger partial charge in [-0.2, -0.15) is 5.10 Å². The number of hydrogen-bond acceptors (Lipinski definition) is 8. The molecule has 3 aromatic heterocycles. The maximum atomic E-state index is 14.1. The highest BCUT2D eigenvalue weighted by Gasteiger charge is 2.42. The molecule has 0 spiro atoms. The Kier molecular flexibility index (Phi) is 6.75. The van der Waals surface area contributed by atoms with Gasteiger partial charge in [0.05, 0.1) is 49.9 Å². The minimum Gasteiger partial charge on any atom is -0.382 e. The van der Waals surface area contributed by atoms with Crippen molar-refractivity contribution in [2.45, 2.75) is 57.5 Å². The third-order valence-electron chi connectivity index (χ3n) is 7.28. The Morgan fingerprint density at radius 2 is 2.13 bits per heavy atom. The third kappa shape index (κ3) is 5.44. The fourth-order valence-electron chi connectivity index (χ4n) is 4.63. The molecule has 1 aliphatic carbocycles. The Hall–Kier alpha value is -3.68. The maximum Gasteiger partial charge on any atom is 0.318 e. The molecule has 2 fully saturated rings. The van der Waals surface area contributed by atoms with Crippen LogP contribution in [0.1, 0.15) is 72.1 Å². The second-order valence-corrected chi connectivity index (χ2v) is 10.4. The Morgan fingerprint density at radius 1 is 1.34 bits per heavy atom. The summed E-state index contributed by atoms with van der Waals surface area (Å²) in [5, 5.41) is 17.0. The van der Waals surface area contributed by atoms with Crippen molar-refractivity contribution >= 4 is 17.6 Å². The van der Waals surface area contributed by atoms with Crippen LogP contribution in [0.15, 0.2) is 23.1 Å². The van der Waals surface area contributed by atoms with Crippen molar-refractivity contribution in [3.05, 3.63) is 41.1 Å². The van der Waals surface area contributed by atoms with Crippen LogP contribution < -0.4 is 10.6 Å². The first kappa shape index (κ1) is 25.9. The van der Waals surface area contributed by atoms with Crippen LogP contribution in [0.4, 0.5) is 13.6 Å². The molecule has 12 nitrogen and oxygen atoms in total. The summed E-state index contributed by atoms with van der Waals surface area (Å²) in [5.74, 6) is -3.49. The smallest absolute Gasteiger partial charge is 0.318 e. The molecule has 5 rings (SSSR count). The number of rotatable bonds is 10. The number of urea groups is 1. The number of amides is 3. The highest BCUT2D eigenvalue weighted by atomic mass is 19.3. The van der Waals surface area contributed by atoms with Crippen molar-refractivity contribution in [1.82, 2.24) is 40.4 Å². The predicted molar refractivity (Wildman–Crippen MR) is 128 cm³/mol. The lowest BCUT2D eigenvalue weighted by atomic mass is 9.97. The number of methoxy groups -OCH3 is 1. The molecular weight excluding hydrogens is 502 g/mol. The molecule has 14 heteroatoms. The monoisotopic (exact) mass is 532 g/mol. The lowest BCUT2D eigenvalue weighted by molar-refractivity contribution is -0.0509. The summed E-state index contributed by atoms with van der Waals surface area (Å²) in [6.45, 7) is 2.40. The molecule has 1 aliphatic heterocycles. The molecule has 0 bridgehead atoms. The number of ether oxygens (including phenoxy) is 1. The van der Waals surface area contributed by atoms with E-state index >= 15 is 0 Å². The number of aryl methyl sites for hydroxylation is 1. The minimum absolute atomic E-state index is 0.00271. The summed E-state index contributed by atoms with van der Waals surface area (Å²) in [6, 6.07) is -0.136. The first-order valence-corrected chi connectivity index (χ1v) is 12.4. The van der Waals surface area contributed by atoms with E-state index in [4.69, 9.17) is 9.72 Å². The van der Waals surface area contributed by atoms with Crippen LogP contribution in [0, 0.1) is 12.3 Å². The molecule has 38 heavy (non-hydrogen) atoms. The van der Waals surface area contributed by atoms with Gasteiger partial charge in [0.15, 0.2) is 11.3 Å². The quantitative estimate of drug-likeness (QED) is 0.406. The maximum absolute atomic E-state index is 14.1. The molecular formula is C24H30F2N8O4. The number of carbonyl (C=O) groups excluding carboxylic acids is 2. The number of aromatic nitrogens is 5. The van der Waals surface area contributed by atoms with E-state index in [9.17, 15) is 18.4 Å². The van der Waals surface area contributed by atoms with Crippen molar-refractivity contribution in [2.24, 2.45) is 5.41 Å². The predicted octanol–water partition coefficient (Wildman–Crippen LogP) is 2.82. The van der Waals surface area contributed by atoms with Crippen LogP contribution >= 0.6 is 0 Å². The van der Waals surface area contributed by atoms with Crippen LogP contribution in [0.2, 0.25) is 0 Å². The zero-order chi connectivity index (χ0) is 27.1. The number of fused-ring (bicyclic) bond motifs is 1. The second kappa shape index (κ2) is 9.89. The lowest BCUT2D eigenvalue weighted by Crippen LogP contribution is -2.58. The van der Waals surface area contributed by atoms with E-state index in [2.05, 4.69) is 37.6 Å². The van der Waals surface area contributed by atoms with E-state index in [1.165, 1.54) is 13.3 Å². The molecule has 0 radical (unpaired) electrons.